The van der Waals surface area contributed by atoms with Gasteiger partial charge in [0.1, 0.15) is 23.0 Å². The maximum atomic E-state index is 13.8. The number of carbonyl (C=O) groups excluding carboxylic acids is 1. The van der Waals surface area contributed by atoms with Gasteiger partial charge in [0.2, 0.25) is 5.91 Å². The predicted octanol–water partition coefficient (Wildman–Crippen LogP) is 4.49. The van der Waals surface area contributed by atoms with E-state index in [2.05, 4.69) is 43.0 Å². The Morgan fingerprint density at radius 3 is 3.00 bits per heavy atom. The highest BCUT2D eigenvalue weighted by Gasteiger charge is 2.20. The van der Waals surface area contributed by atoms with Crippen molar-refractivity contribution in [3.63, 3.8) is 0 Å². The van der Waals surface area contributed by atoms with Crippen LogP contribution in [-0.2, 0) is 4.79 Å². The minimum atomic E-state index is -0.471. The van der Waals surface area contributed by atoms with Gasteiger partial charge in [0.05, 0.1) is 11.4 Å². The molecule has 0 unspecified atom stereocenters. The van der Waals surface area contributed by atoms with Crippen molar-refractivity contribution in [1.29, 1.82) is 0 Å². The Morgan fingerprint density at radius 2 is 2.23 bits per heavy atom. The van der Waals surface area contributed by atoms with Gasteiger partial charge < -0.3 is 10.2 Å². The van der Waals surface area contributed by atoms with Crippen LogP contribution >= 0.6 is 27.7 Å². The molecule has 1 fully saturated rings. The van der Waals surface area contributed by atoms with Crippen LogP contribution in [0.5, 0.6) is 0 Å². The Kier molecular flexibility index (Phi) is 6.48. The van der Waals surface area contributed by atoms with E-state index in [1.54, 1.807) is 6.07 Å². The minimum absolute atomic E-state index is 0.154. The van der Waals surface area contributed by atoms with Crippen molar-refractivity contribution >= 4 is 45.1 Å². The van der Waals surface area contributed by atoms with E-state index in [0.717, 1.165) is 30.2 Å². The summed E-state index contributed by atoms with van der Waals surface area (Å²) in [6.45, 7) is 3.19. The van der Waals surface area contributed by atoms with Crippen LogP contribution in [-0.4, -0.2) is 34.2 Å². The first kappa shape index (κ1) is 19.1. The number of nitrogens with one attached hydrogen (secondary N) is 1. The number of carbonyl (C=O) groups is 1. The van der Waals surface area contributed by atoms with Crippen LogP contribution in [0.15, 0.2) is 40.1 Å². The number of hydrogen-bond donors (Lipinski definition) is 1. The molecule has 0 saturated carbocycles. The van der Waals surface area contributed by atoms with Crippen molar-refractivity contribution in [3.05, 3.63) is 40.9 Å². The van der Waals surface area contributed by atoms with Gasteiger partial charge in [-0.05, 0) is 44.4 Å². The van der Waals surface area contributed by atoms with E-state index in [1.807, 2.05) is 6.07 Å². The van der Waals surface area contributed by atoms with Crippen molar-refractivity contribution < 1.29 is 9.18 Å². The first-order chi connectivity index (χ1) is 12.5. The Labute approximate surface area is 164 Å². The van der Waals surface area contributed by atoms with Crippen LogP contribution in [0.4, 0.5) is 15.9 Å². The molecule has 1 aliphatic heterocycles. The van der Waals surface area contributed by atoms with Gasteiger partial charge in [-0.2, -0.15) is 0 Å². The van der Waals surface area contributed by atoms with Gasteiger partial charge in [0.15, 0.2) is 0 Å². The van der Waals surface area contributed by atoms with Gasteiger partial charge in [0.25, 0.3) is 0 Å². The third-order valence-electron chi connectivity index (χ3n) is 4.28. The molecular weight excluding hydrogens is 419 g/mol. The molecule has 1 N–H and O–H groups in total. The normalized spacial score (nSPS) is 17.2. The number of halogens is 2. The second-order valence-electron chi connectivity index (χ2n) is 6.21. The Hall–Kier alpha value is -1.67. The lowest BCUT2D eigenvalue weighted by atomic mass is 10.0. The molecule has 0 spiro atoms. The smallest absolute Gasteiger partial charge is 0.234 e. The largest absolute Gasteiger partial charge is 0.354 e. The molecule has 138 valence electrons. The third kappa shape index (κ3) is 4.94. The molecule has 0 aliphatic carbocycles. The average Bonchev–Trinajstić information content (AvgIpc) is 2.63. The van der Waals surface area contributed by atoms with Crippen LogP contribution in [0.3, 0.4) is 0 Å². The summed E-state index contributed by atoms with van der Waals surface area (Å²) in [6, 6.07) is 6.91. The molecule has 1 aromatic carbocycles. The molecule has 1 saturated heterocycles. The van der Waals surface area contributed by atoms with Crippen molar-refractivity contribution in [3.8, 4) is 0 Å². The lowest BCUT2D eigenvalue weighted by Crippen LogP contribution is -2.38. The molecule has 3 rings (SSSR count). The Balaban J connectivity index is 1.59. The van der Waals surface area contributed by atoms with E-state index in [4.69, 9.17) is 0 Å². The zero-order chi connectivity index (χ0) is 18.5. The zero-order valence-electron chi connectivity index (χ0n) is 14.4. The summed E-state index contributed by atoms with van der Waals surface area (Å²) in [5, 5.41) is 3.32. The summed E-state index contributed by atoms with van der Waals surface area (Å²) in [7, 11) is 0. The summed E-state index contributed by atoms with van der Waals surface area (Å²) in [5.41, 5.74) is 0.171. The lowest BCUT2D eigenvalue weighted by molar-refractivity contribution is -0.113. The molecule has 1 aromatic heterocycles. The Bertz CT molecular complexity index is 792. The summed E-state index contributed by atoms with van der Waals surface area (Å²) in [4.78, 5) is 23.0. The second-order valence-corrected chi connectivity index (χ2v) is 8.12. The first-order valence-electron chi connectivity index (χ1n) is 8.49. The van der Waals surface area contributed by atoms with Gasteiger partial charge in [-0.15, -0.1) is 0 Å². The molecule has 5 nitrogen and oxygen atoms in total. The minimum Gasteiger partial charge on any atom is -0.354 e. The topological polar surface area (TPSA) is 58.1 Å². The number of anilines is 2. The molecule has 1 atom stereocenters. The van der Waals surface area contributed by atoms with Gasteiger partial charge in [-0.1, -0.05) is 27.7 Å². The van der Waals surface area contributed by atoms with E-state index in [1.165, 1.54) is 36.6 Å². The summed E-state index contributed by atoms with van der Waals surface area (Å²) >= 11 is 4.51. The highest BCUT2D eigenvalue weighted by Crippen LogP contribution is 2.26. The van der Waals surface area contributed by atoms with Gasteiger partial charge in [0, 0.05) is 23.1 Å². The molecule has 2 aromatic rings. The number of hydrogen-bond acceptors (Lipinski definition) is 5. The second kappa shape index (κ2) is 8.81. The highest BCUT2D eigenvalue weighted by molar-refractivity contribution is 9.10. The van der Waals surface area contributed by atoms with Crippen molar-refractivity contribution in [2.45, 2.75) is 37.3 Å². The Morgan fingerprint density at radius 1 is 1.38 bits per heavy atom. The molecular formula is C18H20BrFN4OS. The van der Waals surface area contributed by atoms with E-state index in [0.29, 0.717) is 10.5 Å². The van der Waals surface area contributed by atoms with Crippen LogP contribution in [0.2, 0.25) is 0 Å². The zero-order valence-corrected chi connectivity index (χ0v) is 16.8. The van der Waals surface area contributed by atoms with E-state index in [-0.39, 0.29) is 17.3 Å². The van der Waals surface area contributed by atoms with Crippen LogP contribution < -0.4 is 10.2 Å². The molecule has 26 heavy (non-hydrogen) atoms. The SMILES string of the molecule is C[C@H]1CCCCN1c1cc(SCC(=O)Nc2ccc(Br)cc2F)ncn1. The quantitative estimate of drug-likeness (QED) is 0.550. The van der Waals surface area contributed by atoms with E-state index < -0.39 is 5.82 Å². The van der Waals surface area contributed by atoms with Gasteiger partial charge in [-0.3, -0.25) is 4.79 Å². The van der Waals surface area contributed by atoms with Gasteiger partial charge in [-0.25, -0.2) is 14.4 Å². The molecule has 2 heterocycles. The van der Waals surface area contributed by atoms with Crippen molar-refractivity contribution in [1.82, 2.24) is 9.97 Å². The fourth-order valence-corrected chi connectivity index (χ4v) is 3.92. The lowest BCUT2D eigenvalue weighted by Gasteiger charge is -2.34. The monoisotopic (exact) mass is 438 g/mol. The van der Waals surface area contributed by atoms with Crippen LogP contribution in [0.1, 0.15) is 26.2 Å². The van der Waals surface area contributed by atoms with Crippen molar-refractivity contribution in [2.75, 3.05) is 22.5 Å². The van der Waals surface area contributed by atoms with E-state index >= 15 is 0 Å². The number of nitrogens with zero attached hydrogens (tertiary/aromatic N) is 3. The number of rotatable bonds is 5. The standard InChI is InChI=1S/C18H20BrFN4OS/c1-12-4-2-3-7-24(12)16-9-18(22-11-21-16)26-10-17(25)23-15-6-5-13(19)8-14(15)20/h5-6,8-9,11-12H,2-4,7,10H2,1H3,(H,23,25)/t12-/m0/s1. The van der Waals surface area contributed by atoms with Crippen LogP contribution in [0, 0.1) is 5.82 Å². The fourth-order valence-electron chi connectivity index (χ4n) is 2.92. The number of benzene rings is 1. The van der Waals surface area contributed by atoms with Crippen LogP contribution in [0.25, 0.3) is 0 Å². The number of amides is 1. The summed E-state index contributed by atoms with van der Waals surface area (Å²) in [6.07, 6.45) is 5.11. The number of aromatic nitrogens is 2. The highest BCUT2D eigenvalue weighted by atomic mass is 79.9. The molecule has 1 amide bonds. The average molecular weight is 439 g/mol. The van der Waals surface area contributed by atoms with Crippen molar-refractivity contribution in [2.24, 2.45) is 0 Å². The molecule has 0 radical (unpaired) electrons. The number of thioether (sulfide) groups is 1. The maximum absolute atomic E-state index is 13.8. The maximum Gasteiger partial charge on any atom is 0.234 e. The third-order valence-corrected chi connectivity index (χ3v) is 5.70. The summed E-state index contributed by atoms with van der Waals surface area (Å²) < 4.78 is 14.4. The first-order valence-corrected chi connectivity index (χ1v) is 10.3. The van der Waals surface area contributed by atoms with E-state index in [9.17, 15) is 9.18 Å². The molecule has 0 bridgehead atoms. The fraction of sp³-hybridized carbons (Fsp3) is 0.389. The summed E-state index contributed by atoms with van der Waals surface area (Å²) in [5.74, 6) is 0.305. The molecule has 1 aliphatic rings. The number of piperidine rings is 1. The predicted molar refractivity (Wildman–Crippen MR) is 106 cm³/mol. The molecule has 8 heteroatoms. The van der Waals surface area contributed by atoms with Gasteiger partial charge >= 0.3 is 0 Å².